The summed E-state index contributed by atoms with van der Waals surface area (Å²) in [6.07, 6.45) is 0.0517. The van der Waals surface area contributed by atoms with Gasteiger partial charge in [0.1, 0.15) is 5.48 Å². The Morgan fingerprint density at radius 1 is 0.543 bits per heavy atom. The lowest BCUT2D eigenvalue weighted by Crippen LogP contribution is -2.42. The number of ether oxygens (including phenoxy) is 3. The number of rotatable bonds is 24. The molecule has 1 aromatic heterocycles. The molecule has 4 aromatic rings. The molecule has 5 aliphatic rings. The number of nitrogens with one attached hydrogen (secondary N) is 3. The van der Waals surface area contributed by atoms with E-state index in [1.54, 1.807) is 6.92 Å². The van der Waals surface area contributed by atoms with Crippen molar-refractivity contribution in [3.8, 4) is 23.0 Å². The largest absolute Gasteiger partial charge is 0.466 e. The van der Waals surface area contributed by atoms with E-state index in [4.69, 9.17) is 9.47 Å². The van der Waals surface area contributed by atoms with Gasteiger partial charge in [-0.1, -0.05) is 45.1 Å². The number of carbonyl (C=O) groups excluding carboxylic acids is 3. The van der Waals surface area contributed by atoms with Crippen molar-refractivity contribution in [3.05, 3.63) is 133 Å². The van der Waals surface area contributed by atoms with Gasteiger partial charge in [-0.3, -0.25) is 38.7 Å². The second-order valence-corrected chi connectivity index (χ2v) is 23.2. The van der Waals surface area contributed by atoms with Crippen molar-refractivity contribution in [1.82, 2.24) is 49.0 Å². The molecule has 0 amide bonds. The normalized spacial score (nSPS) is 12.1. The minimum Gasteiger partial charge on any atom is -0.466 e. The van der Waals surface area contributed by atoms with Crippen LogP contribution in [0.5, 0.6) is 0 Å². The number of aryl methyl sites for hydroxylation is 7. The van der Waals surface area contributed by atoms with Crippen molar-refractivity contribution in [2.75, 3.05) is 24.7 Å². The maximum atomic E-state index is 13.5. The summed E-state index contributed by atoms with van der Waals surface area (Å²) in [6, 6.07) is 10.2. The van der Waals surface area contributed by atoms with Crippen LogP contribution >= 0.6 is 0 Å². The predicted octanol–water partition coefficient (Wildman–Crippen LogP) is 9.78. The molecule has 0 fully saturated rings. The molecule has 504 valence electrons. The zero-order chi connectivity index (χ0) is 68.8. The van der Waals surface area contributed by atoms with Crippen molar-refractivity contribution in [3.63, 3.8) is 0 Å². The fourth-order valence-corrected chi connectivity index (χ4v) is 10.6. The van der Waals surface area contributed by atoms with E-state index in [9.17, 15) is 64.7 Å². The lowest BCUT2D eigenvalue weighted by atomic mass is 10.1. The first-order chi connectivity index (χ1) is 44.4. The molecule has 0 radical (unpaired) electrons. The Morgan fingerprint density at radius 2 is 1.01 bits per heavy atom. The highest BCUT2D eigenvalue weighted by atomic mass is 19.4. The van der Waals surface area contributed by atoms with Gasteiger partial charge in [-0.25, -0.2) is 29.5 Å². The summed E-state index contributed by atoms with van der Waals surface area (Å²) < 4.78 is 94.2. The van der Waals surface area contributed by atoms with Crippen LogP contribution in [-0.2, 0) is 47.9 Å². The predicted molar refractivity (Wildman–Crippen MR) is 339 cm³/mol. The molecule has 0 unspecified atom stereocenters. The highest BCUT2D eigenvalue weighted by molar-refractivity contribution is 5.83. The maximum Gasteiger partial charge on any atom is 0.422 e. The number of fused-ring (bicyclic) bond motifs is 6. The molecule has 0 saturated heterocycles. The first kappa shape index (κ1) is 72.0. The number of aromatic amines is 3. The Labute approximate surface area is 534 Å². The second-order valence-electron chi connectivity index (χ2n) is 23.2. The average molecular weight is 1320 g/mol. The lowest BCUT2D eigenvalue weighted by molar-refractivity contribution is -0.186. The van der Waals surface area contributed by atoms with Crippen molar-refractivity contribution >= 4 is 63.7 Å². The fourth-order valence-electron chi connectivity index (χ4n) is 10.6. The van der Waals surface area contributed by atoms with Crippen molar-refractivity contribution < 1.29 is 54.9 Å². The van der Waals surface area contributed by atoms with Crippen molar-refractivity contribution in [2.24, 2.45) is 4.99 Å². The van der Waals surface area contributed by atoms with Crippen LogP contribution < -0.4 is 43.8 Å². The quantitative estimate of drug-likeness (QED) is 0.0167. The number of H-pyrrole nitrogens is 3. The number of halogens is 6. The Kier molecular flexibility index (Phi) is 24.5. The number of unbranched alkanes of at least 4 members (excludes halogenated alkanes) is 9. The molecule has 0 aliphatic carbocycles. The van der Waals surface area contributed by atoms with Gasteiger partial charge in [0.15, 0.2) is 40.8 Å². The summed E-state index contributed by atoms with van der Waals surface area (Å²) in [5.41, 5.74) is 4.05. The van der Waals surface area contributed by atoms with E-state index in [2.05, 4.69) is 51.2 Å². The molecule has 0 spiro atoms. The Hall–Kier alpha value is -9.44. The Morgan fingerprint density at radius 3 is 1.53 bits per heavy atom. The van der Waals surface area contributed by atoms with Crippen LogP contribution in [0.3, 0.4) is 0 Å². The zero-order valence-electron chi connectivity index (χ0n) is 53.7. The van der Waals surface area contributed by atoms with E-state index in [-0.39, 0.29) is 81.2 Å². The van der Waals surface area contributed by atoms with Gasteiger partial charge in [0.2, 0.25) is 0 Å². The SMILES string of the molecule is C=c1nc2c(c(=O)[nH]1)=Nc1cc(C)c(C)cc1N2CCCCCCC(=O)OCC(F)(F)F.CCOC(=O)CCCCCCn1c2nc(=O)[nH]c(=O)c-2nc2cc(C)c(C(F)(F)F)cc21.Cc1cc2nc3c(=O)[nH]c(=O)nc-3n(CCCCCCC(=O)OC(C)C)c2cc1C. The Bertz CT molecular complexity index is 4420. The number of carbonyl (C=O) groups is 3. The molecule has 29 heteroatoms. The van der Waals surface area contributed by atoms with Crippen LogP contribution in [0, 0.1) is 34.6 Å². The summed E-state index contributed by atoms with van der Waals surface area (Å²) in [4.78, 5) is 129. The van der Waals surface area contributed by atoms with Crippen LogP contribution in [0.15, 0.2) is 65.4 Å². The molecule has 3 aromatic carbocycles. The van der Waals surface area contributed by atoms with Crippen LogP contribution in [0.1, 0.15) is 150 Å². The molecule has 6 heterocycles. The van der Waals surface area contributed by atoms with E-state index in [1.807, 2.05) is 80.3 Å². The number of alkyl halides is 6. The van der Waals surface area contributed by atoms with Crippen LogP contribution in [-0.4, -0.2) is 99.0 Å². The number of nitrogens with zero attached hydrogens (tertiary/aromatic N) is 9. The summed E-state index contributed by atoms with van der Waals surface area (Å²) >= 11 is 0. The van der Waals surface area contributed by atoms with Gasteiger partial charge in [-0.05, 0) is 158 Å². The number of hydrogen-bond donors (Lipinski definition) is 3. The van der Waals surface area contributed by atoms with Crippen molar-refractivity contribution in [1.29, 1.82) is 0 Å². The summed E-state index contributed by atoms with van der Waals surface area (Å²) in [5, 5.41) is 0.237. The highest BCUT2D eigenvalue weighted by Crippen LogP contribution is 2.38. The molecule has 23 nitrogen and oxygen atoms in total. The summed E-state index contributed by atoms with van der Waals surface area (Å²) in [5.74, 6) is -0.586. The number of hydrogen-bond acceptors (Lipinski definition) is 18. The van der Waals surface area contributed by atoms with Crippen LogP contribution in [0.2, 0.25) is 0 Å². The van der Waals surface area contributed by atoms with Crippen LogP contribution in [0.4, 0.5) is 43.5 Å². The minimum absolute atomic E-state index is 0.0211. The topological polar surface area (TPSA) is 302 Å². The molecule has 94 heavy (non-hydrogen) atoms. The molecule has 9 rings (SSSR count). The van der Waals surface area contributed by atoms with Crippen molar-refractivity contribution in [2.45, 2.75) is 183 Å². The van der Waals surface area contributed by atoms with E-state index < -0.39 is 53.0 Å². The third-order valence-electron chi connectivity index (χ3n) is 15.4. The molecule has 3 N–H and O–H groups in total. The summed E-state index contributed by atoms with van der Waals surface area (Å²) in [6.45, 7) is 18.6. The van der Waals surface area contributed by atoms with E-state index in [0.717, 1.165) is 78.0 Å². The van der Waals surface area contributed by atoms with E-state index in [0.29, 0.717) is 93.9 Å². The van der Waals surface area contributed by atoms with Gasteiger partial charge in [0.05, 0.1) is 51.7 Å². The van der Waals surface area contributed by atoms with Crippen LogP contribution in [0.25, 0.3) is 51.7 Å². The van der Waals surface area contributed by atoms with Gasteiger partial charge >= 0.3 is 41.6 Å². The first-order valence-electron chi connectivity index (χ1n) is 31.0. The third kappa shape index (κ3) is 19.3. The number of aromatic nitrogens is 10. The molecule has 5 aliphatic heterocycles. The highest BCUT2D eigenvalue weighted by Gasteiger charge is 2.34. The average Bonchev–Trinajstić information content (AvgIpc) is 0.771. The third-order valence-corrected chi connectivity index (χ3v) is 15.4. The molecule has 0 bridgehead atoms. The fraction of sp³-hybridized carbons (Fsp3) is 0.477. The van der Waals surface area contributed by atoms with Gasteiger partial charge in [-0.15, -0.1) is 0 Å². The second kappa shape index (κ2) is 31.9. The van der Waals surface area contributed by atoms with Gasteiger partial charge < -0.3 is 33.2 Å². The lowest BCUT2D eigenvalue weighted by Gasteiger charge is -2.28. The standard InChI is InChI=1S/C22H25F3N4O3.C22H28N4O4.C21H23F3N4O4/c1-13-10-16-17(11-14(13)2)29(20-19(28-16)21(31)27-15(3)26-20)9-7-5-4-6-8-18(30)32-12-22(23,24)25;1-13(2)30-18(27)9-7-5-6-8-10-26-17-12-15(4)14(3)11-16(17)23-19-20(26)24-22(29)25-21(19)28;1-3-32-16(29)8-6-4-5-7-9-28-15-11-13(21(22,23)24)12(2)10-14(15)25-17-18(28)26-20(31)27-19(17)30/h10-11H,3-9,12H2,1-2H3,(H,27,31);11-13H,5-10H2,1-4H3,(H,25,28,29);10-11H,3-9H2,1-2H3,(H,27,30,31). The smallest absolute Gasteiger partial charge is 0.422 e. The van der Waals surface area contributed by atoms with Gasteiger partial charge in [0, 0.05) is 38.9 Å². The monoisotopic (exact) mass is 1310 g/mol. The molecular weight excluding hydrogens is 1240 g/mol. The number of anilines is 2. The van der Waals surface area contributed by atoms with Gasteiger partial charge in [-0.2, -0.15) is 36.3 Å². The summed E-state index contributed by atoms with van der Waals surface area (Å²) in [7, 11) is 0. The number of benzene rings is 3. The number of esters is 3. The Balaban J connectivity index is 0.000000200. The molecular formula is C65H76F6N12O11. The first-order valence-corrected chi connectivity index (χ1v) is 31.0. The van der Waals surface area contributed by atoms with E-state index in [1.165, 1.54) is 17.6 Å². The van der Waals surface area contributed by atoms with E-state index >= 15 is 0 Å². The van der Waals surface area contributed by atoms with Gasteiger partial charge in [0.25, 0.3) is 16.7 Å². The molecule has 0 saturated carbocycles. The molecule has 0 atom stereocenters. The maximum absolute atomic E-state index is 13.5. The zero-order valence-corrected chi connectivity index (χ0v) is 53.7. The minimum atomic E-state index is -4.57.